The maximum Gasteiger partial charge on any atom is 0.308 e. The van der Waals surface area contributed by atoms with E-state index in [1.807, 2.05) is 24.3 Å². The van der Waals surface area contributed by atoms with Gasteiger partial charge in [0.05, 0.1) is 20.1 Å². The summed E-state index contributed by atoms with van der Waals surface area (Å²) in [5.74, 6) is 0.642. The normalized spacial score (nSPS) is 19.6. The minimum atomic E-state index is -0.181. The second-order valence-electron chi connectivity index (χ2n) is 3.67. The second-order valence-corrected chi connectivity index (χ2v) is 3.67. The molecule has 1 aliphatic rings. The lowest BCUT2D eigenvalue weighted by Crippen LogP contribution is -2.12. The van der Waals surface area contributed by atoms with E-state index in [2.05, 4.69) is 0 Å². The zero-order valence-corrected chi connectivity index (χ0v) is 9.14. The number of benzene rings is 1. The fraction of sp³-hybridized carbons (Fsp3) is 0.417. The van der Waals surface area contributed by atoms with Crippen molar-refractivity contribution < 1.29 is 19.0 Å². The summed E-state index contributed by atoms with van der Waals surface area (Å²) in [6, 6.07) is 7.65. The first kappa shape index (κ1) is 11.0. The highest BCUT2D eigenvalue weighted by molar-refractivity contribution is 5.71. The summed E-state index contributed by atoms with van der Waals surface area (Å²) in [6.45, 7) is 0.861. The number of carbonyl (C=O) groups is 1. The van der Waals surface area contributed by atoms with Crippen LogP contribution in [0.15, 0.2) is 24.3 Å². The van der Waals surface area contributed by atoms with Crippen LogP contribution in [0.25, 0.3) is 0 Å². The van der Waals surface area contributed by atoms with E-state index in [1.165, 1.54) is 0 Å². The number of methoxy groups -OCH3 is 1. The maximum atomic E-state index is 10.8. The molecule has 1 aromatic rings. The molecule has 1 atom stereocenters. The van der Waals surface area contributed by atoms with Gasteiger partial charge in [0.2, 0.25) is 0 Å². The molecule has 2 rings (SSSR count). The Balaban J connectivity index is 1.82. The van der Waals surface area contributed by atoms with Crippen LogP contribution < -0.4 is 4.74 Å². The van der Waals surface area contributed by atoms with Crippen molar-refractivity contribution in [1.82, 2.24) is 0 Å². The van der Waals surface area contributed by atoms with Gasteiger partial charge in [0.15, 0.2) is 0 Å². The van der Waals surface area contributed by atoms with E-state index in [0.717, 1.165) is 11.3 Å². The van der Waals surface area contributed by atoms with Crippen molar-refractivity contribution >= 4 is 5.97 Å². The quantitative estimate of drug-likeness (QED) is 0.725. The fourth-order valence-electron chi connectivity index (χ4n) is 1.53. The van der Waals surface area contributed by atoms with Crippen molar-refractivity contribution in [3.8, 4) is 5.75 Å². The first-order valence-electron chi connectivity index (χ1n) is 5.18. The van der Waals surface area contributed by atoms with E-state index >= 15 is 0 Å². The Morgan fingerprint density at radius 2 is 2.12 bits per heavy atom. The number of rotatable bonds is 4. The smallest absolute Gasteiger partial charge is 0.308 e. The highest BCUT2D eigenvalue weighted by Crippen LogP contribution is 2.15. The van der Waals surface area contributed by atoms with E-state index in [9.17, 15) is 4.79 Å². The molecular formula is C12H14O4. The molecule has 1 fully saturated rings. The molecule has 1 saturated heterocycles. The lowest BCUT2D eigenvalue weighted by atomic mass is 10.2. The highest BCUT2D eigenvalue weighted by atomic mass is 16.6. The highest BCUT2D eigenvalue weighted by Gasteiger charge is 2.24. The van der Waals surface area contributed by atoms with Crippen molar-refractivity contribution in [3.63, 3.8) is 0 Å². The summed E-state index contributed by atoms with van der Waals surface area (Å²) in [6.07, 6.45) is 0.255. The van der Waals surface area contributed by atoms with E-state index in [4.69, 9.17) is 14.2 Å². The van der Waals surface area contributed by atoms with Crippen LogP contribution in [-0.4, -0.2) is 25.8 Å². The third kappa shape index (κ3) is 2.73. The summed E-state index contributed by atoms with van der Waals surface area (Å²) in [4.78, 5) is 10.8. The monoisotopic (exact) mass is 222 g/mol. The largest absolute Gasteiger partial charge is 0.497 e. The molecule has 4 heteroatoms. The molecule has 1 heterocycles. The average molecular weight is 222 g/mol. The summed E-state index contributed by atoms with van der Waals surface area (Å²) < 4.78 is 15.4. The molecule has 0 bridgehead atoms. The fourth-order valence-corrected chi connectivity index (χ4v) is 1.53. The van der Waals surface area contributed by atoms with Crippen molar-refractivity contribution in [3.05, 3.63) is 29.8 Å². The van der Waals surface area contributed by atoms with Crippen LogP contribution in [0.1, 0.15) is 12.0 Å². The predicted molar refractivity (Wildman–Crippen MR) is 57.1 cm³/mol. The van der Waals surface area contributed by atoms with Gasteiger partial charge >= 0.3 is 5.97 Å². The zero-order valence-electron chi connectivity index (χ0n) is 9.14. The molecule has 0 aromatic heterocycles. The van der Waals surface area contributed by atoms with Crippen LogP contribution in [-0.2, 0) is 20.9 Å². The third-order valence-corrected chi connectivity index (χ3v) is 2.47. The van der Waals surface area contributed by atoms with Crippen molar-refractivity contribution in [2.45, 2.75) is 19.1 Å². The van der Waals surface area contributed by atoms with Crippen LogP contribution in [0, 0.1) is 0 Å². The standard InChI is InChI=1S/C12H14O4/c1-14-10-4-2-9(3-5-10)7-15-11-6-12(13)16-8-11/h2-5,11H,6-8H2,1H3/t11-/m1/s1. The Hall–Kier alpha value is -1.55. The number of ether oxygens (including phenoxy) is 3. The number of carbonyl (C=O) groups excluding carboxylic acids is 1. The predicted octanol–water partition coefficient (Wildman–Crippen LogP) is 1.53. The number of cyclic esters (lactones) is 1. The molecule has 0 saturated carbocycles. The molecule has 0 N–H and O–H groups in total. The Labute approximate surface area is 94.1 Å². The van der Waals surface area contributed by atoms with Gasteiger partial charge in [-0.3, -0.25) is 4.79 Å². The Kier molecular flexibility index (Phi) is 3.41. The molecule has 0 radical (unpaired) electrons. The summed E-state index contributed by atoms with van der Waals surface area (Å²) >= 11 is 0. The first-order valence-corrected chi connectivity index (χ1v) is 5.18. The van der Waals surface area contributed by atoms with Gasteiger partial charge in [0.25, 0.3) is 0 Å². The lowest BCUT2D eigenvalue weighted by Gasteiger charge is -2.08. The number of esters is 1. The Morgan fingerprint density at radius 1 is 1.38 bits per heavy atom. The van der Waals surface area contributed by atoms with Gasteiger partial charge in [-0.25, -0.2) is 0 Å². The first-order chi connectivity index (χ1) is 7.78. The van der Waals surface area contributed by atoms with Gasteiger partial charge in [-0.05, 0) is 17.7 Å². The zero-order chi connectivity index (χ0) is 11.4. The molecule has 1 aromatic carbocycles. The van der Waals surface area contributed by atoms with Gasteiger partial charge in [-0.1, -0.05) is 12.1 Å². The Bertz CT molecular complexity index is 358. The summed E-state index contributed by atoms with van der Waals surface area (Å²) in [7, 11) is 1.63. The van der Waals surface area contributed by atoms with E-state index in [0.29, 0.717) is 19.6 Å². The maximum absolute atomic E-state index is 10.8. The molecule has 0 amide bonds. The molecule has 16 heavy (non-hydrogen) atoms. The van der Waals surface area contributed by atoms with Crippen molar-refractivity contribution in [2.24, 2.45) is 0 Å². The third-order valence-electron chi connectivity index (χ3n) is 2.47. The summed E-state index contributed by atoms with van der Waals surface area (Å²) in [5, 5.41) is 0. The van der Waals surface area contributed by atoms with Crippen LogP contribution in [0.2, 0.25) is 0 Å². The molecular weight excluding hydrogens is 208 g/mol. The molecule has 4 nitrogen and oxygen atoms in total. The SMILES string of the molecule is COc1ccc(CO[C@H]2COC(=O)C2)cc1. The van der Waals surface area contributed by atoms with Crippen LogP contribution in [0.5, 0.6) is 5.75 Å². The molecule has 86 valence electrons. The number of hydrogen-bond acceptors (Lipinski definition) is 4. The number of hydrogen-bond donors (Lipinski definition) is 0. The Morgan fingerprint density at radius 3 is 2.69 bits per heavy atom. The van der Waals surface area contributed by atoms with Gasteiger partial charge in [-0.15, -0.1) is 0 Å². The molecule has 1 aliphatic heterocycles. The van der Waals surface area contributed by atoms with Crippen molar-refractivity contribution in [2.75, 3.05) is 13.7 Å². The van der Waals surface area contributed by atoms with Crippen molar-refractivity contribution in [1.29, 1.82) is 0 Å². The lowest BCUT2D eigenvalue weighted by molar-refractivity contribution is -0.137. The molecule has 0 aliphatic carbocycles. The van der Waals surface area contributed by atoms with E-state index < -0.39 is 0 Å². The van der Waals surface area contributed by atoms with Gasteiger partial charge in [0, 0.05) is 0 Å². The average Bonchev–Trinajstić information content (AvgIpc) is 2.73. The van der Waals surface area contributed by atoms with E-state index in [-0.39, 0.29) is 12.1 Å². The minimum Gasteiger partial charge on any atom is -0.497 e. The van der Waals surface area contributed by atoms with Gasteiger partial charge < -0.3 is 14.2 Å². The topological polar surface area (TPSA) is 44.8 Å². The van der Waals surface area contributed by atoms with E-state index in [1.54, 1.807) is 7.11 Å². The summed E-state index contributed by atoms with van der Waals surface area (Å²) in [5.41, 5.74) is 1.06. The second kappa shape index (κ2) is 4.99. The molecule has 0 spiro atoms. The minimum absolute atomic E-state index is 0.102. The van der Waals surface area contributed by atoms with Gasteiger partial charge in [0.1, 0.15) is 18.5 Å². The van der Waals surface area contributed by atoms with Crippen LogP contribution >= 0.6 is 0 Å². The van der Waals surface area contributed by atoms with Gasteiger partial charge in [-0.2, -0.15) is 0 Å². The van der Waals surface area contributed by atoms with Crippen LogP contribution in [0.4, 0.5) is 0 Å². The molecule has 0 unspecified atom stereocenters. The van der Waals surface area contributed by atoms with Crippen LogP contribution in [0.3, 0.4) is 0 Å².